The first-order valence-corrected chi connectivity index (χ1v) is 10.6. The molecule has 0 aliphatic carbocycles. The number of para-hydroxylation sites is 1. The van der Waals surface area contributed by atoms with E-state index in [1.54, 1.807) is 17.0 Å². The molecular formula is C24H28FN3O3. The summed E-state index contributed by atoms with van der Waals surface area (Å²) in [5.41, 5.74) is 2.18. The summed E-state index contributed by atoms with van der Waals surface area (Å²) >= 11 is 0. The zero-order valence-electron chi connectivity index (χ0n) is 18.2. The third-order valence-electron chi connectivity index (χ3n) is 5.89. The molecule has 0 N–H and O–H groups in total. The number of rotatable bonds is 3. The van der Waals surface area contributed by atoms with Crippen LogP contribution in [0.1, 0.15) is 26.3 Å². The van der Waals surface area contributed by atoms with E-state index in [9.17, 15) is 14.0 Å². The van der Waals surface area contributed by atoms with Crippen LogP contribution in [-0.4, -0.2) is 56.0 Å². The first-order valence-electron chi connectivity index (χ1n) is 10.6. The predicted octanol–water partition coefficient (Wildman–Crippen LogP) is 3.20. The van der Waals surface area contributed by atoms with Crippen molar-refractivity contribution >= 4 is 23.2 Å². The number of piperazine rings is 1. The summed E-state index contributed by atoms with van der Waals surface area (Å²) in [6.45, 7) is 8.28. The fourth-order valence-corrected chi connectivity index (χ4v) is 3.98. The highest BCUT2D eigenvalue weighted by Gasteiger charge is 2.31. The molecule has 2 aromatic rings. The van der Waals surface area contributed by atoms with Crippen molar-refractivity contribution in [3.63, 3.8) is 0 Å². The van der Waals surface area contributed by atoms with Gasteiger partial charge in [-0.25, -0.2) is 4.39 Å². The first-order chi connectivity index (χ1) is 14.7. The second kappa shape index (κ2) is 8.21. The molecule has 164 valence electrons. The second-order valence-corrected chi connectivity index (χ2v) is 9.02. The number of nitrogens with zero attached hydrogens (tertiary/aromatic N) is 3. The van der Waals surface area contributed by atoms with Crippen LogP contribution >= 0.6 is 0 Å². The summed E-state index contributed by atoms with van der Waals surface area (Å²) in [6.07, 6.45) is 0. The maximum Gasteiger partial charge on any atom is 0.265 e. The van der Waals surface area contributed by atoms with Crippen LogP contribution in [0, 0.1) is 5.82 Å². The van der Waals surface area contributed by atoms with E-state index in [1.165, 1.54) is 11.0 Å². The van der Waals surface area contributed by atoms with Crippen molar-refractivity contribution in [3.05, 3.63) is 53.8 Å². The number of halogens is 1. The number of anilines is 2. The number of carbonyl (C=O) groups is 2. The molecule has 0 radical (unpaired) electrons. The Hall–Kier alpha value is -3.09. The predicted molar refractivity (Wildman–Crippen MR) is 118 cm³/mol. The Kier molecular flexibility index (Phi) is 5.60. The zero-order valence-corrected chi connectivity index (χ0v) is 18.2. The quantitative estimate of drug-likeness (QED) is 0.758. The largest absolute Gasteiger partial charge is 0.482 e. The molecule has 2 aromatic carbocycles. The van der Waals surface area contributed by atoms with E-state index in [-0.39, 0.29) is 36.2 Å². The lowest BCUT2D eigenvalue weighted by molar-refractivity contribution is -0.132. The van der Waals surface area contributed by atoms with Gasteiger partial charge in [0.2, 0.25) is 5.91 Å². The molecule has 0 saturated carbocycles. The first kappa shape index (κ1) is 21.2. The molecule has 0 aromatic heterocycles. The van der Waals surface area contributed by atoms with Crippen molar-refractivity contribution in [3.8, 4) is 5.75 Å². The van der Waals surface area contributed by atoms with Crippen molar-refractivity contribution in [2.24, 2.45) is 0 Å². The second-order valence-electron chi connectivity index (χ2n) is 9.02. The Labute approximate surface area is 182 Å². The Morgan fingerprint density at radius 1 is 1.03 bits per heavy atom. The normalized spacial score (nSPS) is 16.8. The Morgan fingerprint density at radius 3 is 2.42 bits per heavy atom. The molecule has 31 heavy (non-hydrogen) atoms. The molecule has 7 heteroatoms. The molecule has 0 atom stereocenters. The minimum Gasteiger partial charge on any atom is -0.482 e. The summed E-state index contributed by atoms with van der Waals surface area (Å²) in [7, 11) is 0. The average molecular weight is 426 g/mol. The van der Waals surface area contributed by atoms with E-state index in [1.807, 2.05) is 29.2 Å². The Bertz CT molecular complexity index is 994. The van der Waals surface area contributed by atoms with Crippen LogP contribution in [0.15, 0.2) is 42.5 Å². The topological polar surface area (TPSA) is 53.1 Å². The van der Waals surface area contributed by atoms with Crippen LogP contribution in [0.25, 0.3) is 0 Å². The van der Waals surface area contributed by atoms with E-state index in [2.05, 4.69) is 20.8 Å². The smallest absolute Gasteiger partial charge is 0.265 e. The van der Waals surface area contributed by atoms with Crippen molar-refractivity contribution in [2.75, 3.05) is 49.1 Å². The van der Waals surface area contributed by atoms with Crippen LogP contribution in [0.2, 0.25) is 0 Å². The fourth-order valence-electron chi connectivity index (χ4n) is 3.98. The van der Waals surface area contributed by atoms with Gasteiger partial charge in [-0.3, -0.25) is 14.5 Å². The summed E-state index contributed by atoms with van der Waals surface area (Å²) in [5.74, 6) is 0.0182. The molecule has 2 heterocycles. The van der Waals surface area contributed by atoms with Crippen LogP contribution in [0.4, 0.5) is 15.8 Å². The van der Waals surface area contributed by atoms with E-state index in [0.29, 0.717) is 43.3 Å². The molecule has 4 rings (SSSR count). The summed E-state index contributed by atoms with van der Waals surface area (Å²) in [4.78, 5) is 30.8. The lowest BCUT2D eigenvalue weighted by atomic mass is 9.86. The zero-order chi connectivity index (χ0) is 22.2. The number of hydrogen-bond acceptors (Lipinski definition) is 4. The monoisotopic (exact) mass is 425 g/mol. The van der Waals surface area contributed by atoms with Crippen molar-refractivity contribution < 1.29 is 18.7 Å². The van der Waals surface area contributed by atoms with Gasteiger partial charge >= 0.3 is 0 Å². The highest BCUT2D eigenvalue weighted by atomic mass is 19.1. The number of amides is 2. The van der Waals surface area contributed by atoms with Crippen LogP contribution in [0.3, 0.4) is 0 Å². The Morgan fingerprint density at radius 2 is 1.74 bits per heavy atom. The summed E-state index contributed by atoms with van der Waals surface area (Å²) < 4.78 is 19.6. The van der Waals surface area contributed by atoms with Crippen LogP contribution in [0.5, 0.6) is 5.75 Å². The maximum absolute atomic E-state index is 14.1. The summed E-state index contributed by atoms with van der Waals surface area (Å²) in [5, 5.41) is 0. The van der Waals surface area contributed by atoms with Gasteiger partial charge < -0.3 is 14.5 Å². The lowest BCUT2D eigenvalue weighted by Gasteiger charge is -2.37. The molecular weight excluding hydrogens is 397 g/mol. The van der Waals surface area contributed by atoms with Gasteiger partial charge in [0.15, 0.2) is 6.61 Å². The van der Waals surface area contributed by atoms with E-state index in [4.69, 9.17) is 4.74 Å². The molecule has 1 fully saturated rings. The lowest BCUT2D eigenvalue weighted by Crippen LogP contribution is -2.53. The van der Waals surface area contributed by atoms with Crippen molar-refractivity contribution in [2.45, 2.75) is 26.2 Å². The summed E-state index contributed by atoms with van der Waals surface area (Å²) in [6, 6.07) is 12.5. The number of hydrogen-bond donors (Lipinski definition) is 0. The Balaban J connectivity index is 1.46. The van der Waals surface area contributed by atoms with Gasteiger partial charge in [-0.2, -0.15) is 0 Å². The number of carbonyl (C=O) groups excluding carboxylic acids is 2. The molecule has 2 aliphatic rings. The SMILES string of the molecule is CC(C)(C)c1ccc2c(c1)N(CC(=O)N1CCN(c3ccccc3F)CC1)C(=O)CO2. The minimum atomic E-state index is -0.257. The van der Waals surface area contributed by atoms with Gasteiger partial charge in [0, 0.05) is 26.2 Å². The van der Waals surface area contributed by atoms with Crippen molar-refractivity contribution in [1.82, 2.24) is 4.90 Å². The van der Waals surface area contributed by atoms with Crippen LogP contribution in [-0.2, 0) is 15.0 Å². The highest BCUT2D eigenvalue weighted by molar-refractivity contribution is 6.02. The van der Waals surface area contributed by atoms with E-state index < -0.39 is 0 Å². The van der Waals surface area contributed by atoms with Gasteiger partial charge in [-0.05, 0) is 35.2 Å². The average Bonchev–Trinajstić information content (AvgIpc) is 2.75. The number of ether oxygens (including phenoxy) is 1. The number of benzene rings is 2. The van der Waals surface area contributed by atoms with Gasteiger partial charge in [0.1, 0.15) is 18.1 Å². The molecule has 2 aliphatic heterocycles. The third kappa shape index (κ3) is 4.36. The molecule has 2 amide bonds. The maximum atomic E-state index is 14.1. The number of fused-ring (bicyclic) bond motifs is 1. The van der Waals surface area contributed by atoms with Gasteiger partial charge in [-0.15, -0.1) is 0 Å². The van der Waals surface area contributed by atoms with Gasteiger partial charge in [-0.1, -0.05) is 39.0 Å². The standard InChI is InChI=1S/C24H28FN3O3/c1-24(2,3)17-8-9-21-20(14-17)28(23(30)16-31-21)15-22(29)27-12-10-26(11-13-27)19-7-5-4-6-18(19)25/h4-9,14H,10-13,15-16H2,1-3H3. The molecule has 0 unspecified atom stereocenters. The highest BCUT2D eigenvalue weighted by Crippen LogP contribution is 2.36. The van der Waals surface area contributed by atoms with Gasteiger partial charge in [0.25, 0.3) is 5.91 Å². The van der Waals surface area contributed by atoms with Gasteiger partial charge in [0.05, 0.1) is 11.4 Å². The fraction of sp³-hybridized carbons (Fsp3) is 0.417. The molecule has 6 nitrogen and oxygen atoms in total. The third-order valence-corrected chi connectivity index (χ3v) is 5.89. The van der Waals surface area contributed by atoms with Crippen molar-refractivity contribution in [1.29, 1.82) is 0 Å². The minimum absolute atomic E-state index is 0.0253. The molecule has 0 bridgehead atoms. The van der Waals surface area contributed by atoms with E-state index in [0.717, 1.165) is 5.56 Å². The molecule has 1 saturated heterocycles. The van der Waals surface area contributed by atoms with E-state index >= 15 is 0 Å². The molecule has 0 spiro atoms. The van der Waals surface area contributed by atoms with Crippen LogP contribution < -0.4 is 14.5 Å².